The van der Waals surface area contributed by atoms with E-state index in [0.717, 1.165) is 11.4 Å². The molecule has 1 aromatic rings. The molecular formula is C7H11N3. The van der Waals surface area contributed by atoms with E-state index >= 15 is 0 Å². The maximum atomic E-state index is 7.34. The van der Waals surface area contributed by atoms with Crippen molar-refractivity contribution >= 4 is 11.5 Å². The maximum absolute atomic E-state index is 7.34. The first kappa shape index (κ1) is 6.86. The van der Waals surface area contributed by atoms with Gasteiger partial charge in [0.2, 0.25) is 0 Å². The Morgan fingerprint density at radius 2 is 2.40 bits per heavy atom. The number of hydrogen-bond acceptors (Lipinski definition) is 2. The average molecular weight is 137 g/mol. The van der Waals surface area contributed by atoms with E-state index < -0.39 is 0 Å². The molecule has 0 amide bonds. The fourth-order valence-corrected chi connectivity index (χ4v) is 0.889. The molecule has 0 aliphatic rings. The minimum atomic E-state index is 0.575. The Bertz CT molecular complexity index is 237. The fourth-order valence-electron chi connectivity index (χ4n) is 0.889. The highest BCUT2D eigenvalue weighted by Gasteiger charge is 2.01. The molecular weight excluding hydrogens is 126 g/mol. The van der Waals surface area contributed by atoms with Gasteiger partial charge in [-0.2, -0.15) is 0 Å². The molecule has 3 N–H and O–H groups in total. The first-order valence-corrected chi connectivity index (χ1v) is 3.16. The molecule has 0 saturated heterocycles. The molecule has 0 unspecified atom stereocenters. The highest BCUT2D eigenvalue weighted by molar-refractivity contribution is 6.00. The van der Waals surface area contributed by atoms with Crippen molar-refractivity contribution in [2.24, 2.45) is 0 Å². The van der Waals surface area contributed by atoms with E-state index in [4.69, 9.17) is 5.41 Å². The molecule has 0 saturated carbocycles. The summed E-state index contributed by atoms with van der Waals surface area (Å²) in [6.45, 7) is 1.77. The standard InChI is InChI=1S/C7H11N3/c1-5(8)6-3-4-10-7(6)9-2/h3-4,8-10H,1-2H3. The SMILES string of the molecule is CNc1[nH]ccc1C(C)=N. The number of H-pyrrole nitrogens is 1. The predicted octanol–water partition coefficient (Wildman–Crippen LogP) is 1.44. The van der Waals surface area contributed by atoms with Crippen LogP contribution in [0.15, 0.2) is 12.3 Å². The summed E-state index contributed by atoms with van der Waals surface area (Å²) in [5.41, 5.74) is 1.51. The summed E-state index contributed by atoms with van der Waals surface area (Å²) in [5, 5.41) is 10.3. The highest BCUT2D eigenvalue weighted by Crippen LogP contribution is 2.11. The molecule has 1 rings (SSSR count). The minimum Gasteiger partial charge on any atom is -0.374 e. The lowest BCUT2D eigenvalue weighted by Crippen LogP contribution is -1.96. The smallest absolute Gasteiger partial charge is 0.112 e. The molecule has 0 aliphatic carbocycles. The zero-order valence-corrected chi connectivity index (χ0v) is 6.15. The number of anilines is 1. The van der Waals surface area contributed by atoms with E-state index in [0.29, 0.717) is 5.71 Å². The van der Waals surface area contributed by atoms with Crippen LogP contribution in [-0.4, -0.2) is 17.7 Å². The number of hydrogen-bond donors (Lipinski definition) is 3. The normalized spacial score (nSPS) is 9.40. The number of aromatic nitrogens is 1. The van der Waals surface area contributed by atoms with Gasteiger partial charge in [-0.25, -0.2) is 0 Å². The van der Waals surface area contributed by atoms with Gasteiger partial charge >= 0.3 is 0 Å². The third-order valence-electron chi connectivity index (χ3n) is 1.40. The molecule has 3 nitrogen and oxygen atoms in total. The average Bonchev–Trinajstić information content (AvgIpc) is 2.33. The van der Waals surface area contributed by atoms with Crippen molar-refractivity contribution in [3.63, 3.8) is 0 Å². The summed E-state index contributed by atoms with van der Waals surface area (Å²) in [6.07, 6.45) is 1.82. The van der Waals surface area contributed by atoms with Gasteiger partial charge in [0, 0.05) is 24.5 Å². The van der Waals surface area contributed by atoms with E-state index in [2.05, 4.69) is 10.3 Å². The molecule has 0 aliphatic heterocycles. The van der Waals surface area contributed by atoms with E-state index in [1.807, 2.05) is 19.3 Å². The molecule has 0 fully saturated rings. The second kappa shape index (κ2) is 2.56. The largest absolute Gasteiger partial charge is 0.374 e. The van der Waals surface area contributed by atoms with Crippen LogP contribution in [-0.2, 0) is 0 Å². The van der Waals surface area contributed by atoms with Crippen molar-refractivity contribution in [2.75, 3.05) is 12.4 Å². The van der Waals surface area contributed by atoms with Crippen LogP contribution in [0.3, 0.4) is 0 Å². The first-order chi connectivity index (χ1) is 4.75. The molecule has 1 heterocycles. The topological polar surface area (TPSA) is 51.7 Å². The van der Waals surface area contributed by atoms with Gasteiger partial charge in [-0.05, 0) is 13.0 Å². The Morgan fingerprint density at radius 3 is 2.80 bits per heavy atom. The van der Waals surface area contributed by atoms with Gasteiger partial charge in [0.05, 0.1) is 0 Å². The number of nitrogens with one attached hydrogen (secondary N) is 3. The van der Waals surface area contributed by atoms with Crippen molar-refractivity contribution in [3.8, 4) is 0 Å². The molecule has 0 atom stereocenters. The molecule has 0 aromatic carbocycles. The lowest BCUT2D eigenvalue weighted by Gasteiger charge is -1.98. The van der Waals surface area contributed by atoms with Gasteiger partial charge in [0.15, 0.2) is 0 Å². The Kier molecular flexibility index (Phi) is 1.76. The Balaban J connectivity index is 3.01. The summed E-state index contributed by atoms with van der Waals surface area (Å²) in [7, 11) is 1.83. The lowest BCUT2D eigenvalue weighted by atomic mass is 10.2. The molecule has 3 heteroatoms. The Hall–Kier alpha value is -1.25. The van der Waals surface area contributed by atoms with Crippen LogP contribution in [0, 0.1) is 5.41 Å². The molecule has 54 valence electrons. The van der Waals surface area contributed by atoms with Gasteiger partial charge < -0.3 is 15.7 Å². The first-order valence-electron chi connectivity index (χ1n) is 3.16. The van der Waals surface area contributed by atoms with Crippen LogP contribution in [0.1, 0.15) is 12.5 Å². The van der Waals surface area contributed by atoms with Gasteiger partial charge in [0.1, 0.15) is 5.82 Å². The quantitative estimate of drug-likeness (QED) is 0.531. The number of rotatable bonds is 2. The molecule has 0 spiro atoms. The fraction of sp³-hybridized carbons (Fsp3) is 0.286. The van der Waals surface area contributed by atoms with Crippen molar-refractivity contribution in [1.82, 2.24) is 4.98 Å². The second-order valence-electron chi connectivity index (χ2n) is 2.14. The number of aromatic amines is 1. The monoisotopic (exact) mass is 137 g/mol. The van der Waals surface area contributed by atoms with E-state index in [-0.39, 0.29) is 0 Å². The second-order valence-corrected chi connectivity index (χ2v) is 2.14. The van der Waals surface area contributed by atoms with Gasteiger partial charge in [-0.15, -0.1) is 0 Å². The Morgan fingerprint density at radius 1 is 1.70 bits per heavy atom. The lowest BCUT2D eigenvalue weighted by molar-refractivity contribution is 1.34. The van der Waals surface area contributed by atoms with Crippen molar-refractivity contribution < 1.29 is 0 Å². The van der Waals surface area contributed by atoms with Gasteiger partial charge in [-0.1, -0.05) is 0 Å². The van der Waals surface area contributed by atoms with E-state index in [1.54, 1.807) is 6.92 Å². The van der Waals surface area contributed by atoms with Crippen LogP contribution in [0.5, 0.6) is 0 Å². The molecule has 0 bridgehead atoms. The van der Waals surface area contributed by atoms with Crippen molar-refractivity contribution in [1.29, 1.82) is 5.41 Å². The van der Waals surface area contributed by atoms with Crippen LogP contribution in [0.2, 0.25) is 0 Å². The summed E-state index contributed by atoms with van der Waals surface area (Å²) in [5.74, 6) is 0.910. The van der Waals surface area contributed by atoms with Crippen LogP contribution >= 0.6 is 0 Å². The minimum absolute atomic E-state index is 0.575. The van der Waals surface area contributed by atoms with Crippen molar-refractivity contribution in [3.05, 3.63) is 17.8 Å². The van der Waals surface area contributed by atoms with Crippen LogP contribution in [0.4, 0.5) is 5.82 Å². The molecule has 10 heavy (non-hydrogen) atoms. The summed E-state index contributed by atoms with van der Waals surface area (Å²) < 4.78 is 0. The third kappa shape index (κ3) is 1.03. The summed E-state index contributed by atoms with van der Waals surface area (Å²) in [4.78, 5) is 2.98. The van der Waals surface area contributed by atoms with Crippen molar-refractivity contribution in [2.45, 2.75) is 6.92 Å². The zero-order valence-electron chi connectivity index (χ0n) is 6.15. The summed E-state index contributed by atoms with van der Waals surface area (Å²) in [6, 6.07) is 1.88. The maximum Gasteiger partial charge on any atom is 0.112 e. The molecule has 0 radical (unpaired) electrons. The highest BCUT2D eigenvalue weighted by atomic mass is 15.0. The van der Waals surface area contributed by atoms with Crippen LogP contribution in [0.25, 0.3) is 0 Å². The van der Waals surface area contributed by atoms with Gasteiger partial charge in [-0.3, -0.25) is 0 Å². The van der Waals surface area contributed by atoms with Crippen LogP contribution < -0.4 is 5.32 Å². The summed E-state index contributed by atoms with van der Waals surface area (Å²) >= 11 is 0. The van der Waals surface area contributed by atoms with E-state index in [1.165, 1.54) is 0 Å². The third-order valence-corrected chi connectivity index (χ3v) is 1.40. The predicted molar refractivity (Wildman–Crippen MR) is 42.8 cm³/mol. The molecule has 1 aromatic heterocycles. The van der Waals surface area contributed by atoms with Gasteiger partial charge in [0.25, 0.3) is 0 Å². The Labute approximate surface area is 60.0 Å². The zero-order chi connectivity index (χ0) is 7.56. The van der Waals surface area contributed by atoms with E-state index in [9.17, 15) is 0 Å².